The number of benzene rings is 1. The predicted octanol–water partition coefficient (Wildman–Crippen LogP) is 2.06. The molecule has 2 N–H and O–H groups in total. The Labute approximate surface area is 147 Å². The summed E-state index contributed by atoms with van der Waals surface area (Å²) < 4.78 is 10.8. The van der Waals surface area contributed by atoms with Crippen LogP contribution in [0.2, 0.25) is 0 Å². The average molecular weight is 356 g/mol. The van der Waals surface area contributed by atoms with Gasteiger partial charge in [0, 0.05) is 5.69 Å². The number of imide groups is 1. The Morgan fingerprint density at radius 3 is 2.69 bits per heavy atom. The molecule has 0 radical (unpaired) electrons. The Morgan fingerprint density at radius 1 is 1.19 bits per heavy atom. The summed E-state index contributed by atoms with van der Waals surface area (Å²) in [7, 11) is 0. The number of aryl methyl sites for hydroxylation is 2. The summed E-state index contributed by atoms with van der Waals surface area (Å²) in [6, 6.07) is 7.84. The van der Waals surface area contributed by atoms with E-state index in [0.29, 0.717) is 5.69 Å². The number of aromatic nitrogens is 2. The molecule has 0 saturated heterocycles. The van der Waals surface area contributed by atoms with Crippen molar-refractivity contribution in [1.82, 2.24) is 15.1 Å². The van der Waals surface area contributed by atoms with E-state index in [9.17, 15) is 14.4 Å². The number of urea groups is 1. The Balaban J connectivity index is 1.61. The van der Waals surface area contributed by atoms with E-state index in [-0.39, 0.29) is 11.7 Å². The minimum atomic E-state index is -0.832. The van der Waals surface area contributed by atoms with E-state index >= 15 is 0 Å². The fourth-order valence-electron chi connectivity index (χ4n) is 2.19. The average Bonchev–Trinajstić information content (AvgIpc) is 3.21. The molecule has 2 heterocycles. The van der Waals surface area contributed by atoms with Gasteiger partial charge >= 0.3 is 11.8 Å². The summed E-state index contributed by atoms with van der Waals surface area (Å²) in [4.78, 5) is 35.6. The summed E-state index contributed by atoms with van der Waals surface area (Å²) >= 11 is 0. The van der Waals surface area contributed by atoms with Crippen molar-refractivity contribution in [1.29, 1.82) is 0 Å². The van der Waals surface area contributed by atoms with Crippen LogP contribution in [0.5, 0.6) is 0 Å². The third kappa shape index (κ3) is 3.89. The van der Waals surface area contributed by atoms with E-state index in [1.807, 2.05) is 19.9 Å². The molecular formula is C17H16N4O5. The summed E-state index contributed by atoms with van der Waals surface area (Å²) in [5.41, 5.74) is 2.65. The van der Waals surface area contributed by atoms with Crippen molar-refractivity contribution in [3.8, 4) is 11.7 Å². The largest absolute Gasteiger partial charge is 0.459 e. The quantitative estimate of drug-likeness (QED) is 0.738. The van der Waals surface area contributed by atoms with Crippen LogP contribution in [-0.2, 0) is 11.3 Å². The molecule has 2 aromatic heterocycles. The van der Waals surface area contributed by atoms with Crippen LogP contribution in [0, 0.1) is 13.8 Å². The lowest BCUT2D eigenvalue weighted by atomic mass is 10.1. The number of hydrogen-bond donors (Lipinski definition) is 2. The molecule has 9 nitrogen and oxygen atoms in total. The second-order valence-corrected chi connectivity index (χ2v) is 5.61. The van der Waals surface area contributed by atoms with Gasteiger partial charge in [0.15, 0.2) is 5.76 Å². The first-order chi connectivity index (χ1) is 12.4. The van der Waals surface area contributed by atoms with Crippen molar-refractivity contribution in [3.05, 3.63) is 58.3 Å². The van der Waals surface area contributed by atoms with E-state index in [1.165, 1.54) is 6.26 Å². The van der Waals surface area contributed by atoms with Gasteiger partial charge in [-0.2, -0.15) is 4.68 Å². The van der Waals surface area contributed by atoms with Gasteiger partial charge in [-0.3, -0.25) is 10.1 Å². The van der Waals surface area contributed by atoms with Gasteiger partial charge in [-0.25, -0.2) is 9.59 Å². The second kappa shape index (κ2) is 7.09. The number of nitrogens with zero attached hydrogens (tertiary/aromatic N) is 2. The lowest BCUT2D eigenvalue weighted by molar-refractivity contribution is -0.120. The number of nitrogens with one attached hydrogen (secondary N) is 2. The summed E-state index contributed by atoms with van der Waals surface area (Å²) in [6.07, 6.45) is 1.40. The first kappa shape index (κ1) is 17.2. The maximum absolute atomic E-state index is 11.9. The first-order valence-corrected chi connectivity index (χ1v) is 7.72. The Morgan fingerprint density at radius 2 is 2.00 bits per heavy atom. The van der Waals surface area contributed by atoms with Crippen LogP contribution in [-0.4, -0.2) is 21.7 Å². The second-order valence-electron chi connectivity index (χ2n) is 5.61. The van der Waals surface area contributed by atoms with Crippen molar-refractivity contribution in [2.75, 3.05) is 5.32 Å². The van der Waals surface area contributed by atoms with Crippen molar-refractivity contribution in [2.45, 2.75) is 20.4 Å². The number of anilines is 1. The van der Waals surface area contributed by atoms with Crippen molar-refractivity contribution in [3.63, 3.8) is 0 Å². The van der Waals surface area contributed by atoms with Gasteiger partial charge < -0.3 is 14.2 Å². The zero-order valence-electron chi connectivity index (χ0n) is 14.1. The van der Waals surface area contributed by atoms with Gasteiger partial charge in [-0.05, 0) is 49.2 Å². The maximum Gasteiger partial charge on any atom is 0.437 e. The minimum Gasteiger partial charge on any atom is -0.459 e. The molecule has 0 bridgehead atoms. The van der Waals surface area contributed by atoms with E-state index in [1.54, 1.807) is 24.3 Å². The van der Waals surface area contributed by atoms with Crippen LogP contribution >= 0.6 is 0 Å². The van der Waals surface area contributed by atoms with Gasteiger partial charge in [0.1, 0.15) is 6.54 Å². The SMILES string of the molecule is Cc1ccc(NC(=O)NC(=O)Cn2nc(-c3ccco3)oc2=O)cc1C. The van der Waals surface area contributed by atoms with Crippen LogP contribution in [0.1, 0.15) is 11.1 Å². The number of carbonyl (C=O) groups is 2. The Hall–Kier alpha value is -3.62. The standard InChI is InChI=1S/C17H16N4O5/c1-10-5-6-12(8-11(10)2)18-16(23)19-14(22)9-21-17(24)26-15(20-21)13-4-3-7-25-13/h3-8H,9H2,1-2H3,(H2,18,19,22,23). The number of furan rings is 1. The van der Waals surface area contributed by atoms with Gasteiger partial charge in [0.2, 0.25) is 5.91 Å². The smallest absolute Gasteiger partial charge is 0.437 e. The monoisotopic (exact) mass is 356 g/mol. The highest BCUT2D eigenvalue weighted by molar-refractivity contribution is 6.01. The van der Waals surface area contributed by atoms with Crippen LogP contribution < -0.4 is 16.4 Å². The number of carbonyl (C=O) groups excluding carboxylic acids is 2. The minimum absolute atomic E-state index is 0.0487. The molecule has 0 fully saturated rings. The molecule has 3 rings (SSSR count). The van der Waals surface area contributed by atoms with E-state index in [2.05, 4.69) is 15.7 Å². The fourth-order valence-corrected chi connectivity index (χ4v) is 2.19. The third-order valence-corrected chi connectivity index (χ3v) is 3.65. The van der Waals surface area contributed by atoms with Crippen LogP contribution in [0.4, 0.5) is 10.5 Å². The number of rotatable bonds is 4. The van der Waals surface area contributed by atoms with Crippen LogP contribution in [0.25, 0.3) is 11.7 Å². The zero-order chi connectivity index (χ0) is 18.7. The molecule has 26 heavy (non-hydrogen) atoms. The van der Waals surface area contributed by atoms with Gasteiger partial charge in [-0.1, -0.05) is 6.07 Å². The van der Waals surface area contributed by atoms with Gasteiger partial charge in [0.25, 0.3) is 5.89 Å². The first-order valence-electron chi connectivity index (χ1n) is 7.72. The topological polar surface area (TPSA) is 119 Å². The normalized spacial score (nSPS) is 10.5. The predicted molar refractivity (Wildman–Crippen MR) is 91.5 cm³/mol. The molecule has 9 heteroatoms. The highest BCUT2D eigenvalue weighted by atomic mass is 16.4. The highest BCUT2D eigenvalue weighted by Gasteiger charge is 2.16. The van der Waals surface area contributed by atoms with E-state index in [4.69, 9.17) is 8.83 Å². The molecule has 0 aliphatic rings. The lowest BCUT2D eigenvalue weighted by Crippen LogP contribution is -2.38. The van der Waals surface area contributed by atoms with Crippen molar-refractivity contribution in [2.24, 2.45) is 0 Å². The molecule has 3 aromatic rings. The molecule has 1 aromatic carbocycles. The van der Waals surface area contributed by atoms with Crippen molar-refractivity contribution >= 4 is 17.6 Å². The van der Waals surface area contributed by atoms with Crippen molar-refractivity contribution < 1.29 is 18.4 Å². The molecule has 0 unspecified atom stereocenters. The maximum atomic E-state index is 11.9. The number of hydrogen-bond acceptors (Lipinski definition) is 6. The molecule has 0 aliphatic carbocycles. The molecule has 0 aliphatic heterocycles. The van der Waals surface area contributed by atoms with Gasteiger partial charge in [-0.15, -0.1) is 5.10 Å². The molecule has 0 saturated carbocycles. The van der Waals surface area contributed by atoms with Crippen LogP contribution in [0.3, 0.4) is 0 Å². The molecule has 134 valence electrons. The molecular weight excluding hydrogens is 340 g/mol. The lowest BCUT2D eigenvalue weighted by Gasteiger charge is -2.08. The third-order valence-electron chi connectivity index (χ3n) is 3.65. The zero-order valence-corrected chi connectivity index (χ0v) is 14.1. The Kier molecular flexibility index (Phi) is 4.70. The fraction of sp³-hybridized carbons (Fsp3) is 0.176. The summed E-state index contributed by atoms with van der Waals surface area (Å²) in [6.45, 7) is 3.40. The summed E-state index contributed by atoms with van der Waals surface area (Å²) in [5.74, 6) is -1.34. The van der Waals surface area contributed by atoms with E-state index < -0.39 is 24.2 Å². The number of amides is 3. The van der Waals surface area contributed by atoms with E-state index in [0.717, 1.165) is 15.8 Å². The molecule has 0 atom stereocenters. The van der Waals surface area contributed by atoms with Gasteiger partial charge in [0.05, 0.1) is 6.26 Å². The van der Waals surface area contributed by atoms with Crippen LogP contribution in [0.15, 0.2) is 50.2 Å². The molecule has 3 amide bonds. The Bertz CT molecular complexity index is 1000. The highest BCUT2D eigenvalue weighted by Crippen LogP contribution is 2.15. The summed E-state index contributed by atoms with van der Waals surface area (Å²) in [5, 5.41) is 8.54. The molecule has 0 spiro atoms.